The SMILES string of the molecule is CC(O)C(=O)O.NCCNCCNCCN. The van der Waals surface area contributed by atoms with E-state index >= 15 is 0 Å². The first-order valence-corrected chi connectivity index (χ1v) is 5.28. The molecule has 0 rings (SSSR count). The summed E-state index contributed by atoms with van der Waals surface area (Å²) in [6, 6.07) is 0. The lowest BCUT2D eigenvalue weighted by Crippen LogP contribution is -2.32. The molecule has 0 fully saturated rings. The van der Waals surface area contributed by atoms with Gasteiger partial charge in [-0.2, -0.15) is 0 Å². The molecule has 8 N–H and O–H groups in total. The molecule has 0 spiro atoms. The quantitative estimate of drug-likeness (QED) is 0.257. The lowest BCUT2D eigenvalue weighted by atomic mass is 10.4. The van der Waals surface area contributed by atoms with Gasteiger partial charge in [-0.15, -0.1) is 0 Å². The fraction of sp³-hybridized carbons (Fsp3) is 0.889. The zero-order valence-electron chi connectivity index (χ0n) is 9.78. The summed E-state index contributed by atoms with van der Waals surface area (Å²) >= 11 is 0. The number of aliphatic carboxylic acids is 1. The van der Waals surface area contributed by atoms with Gasteiger partial charge in [-0.05, 0) is 6.92 Å². The third-order valence-corrected chi connectivity index (χ3v) is 1.48. The molecule has 0 saturated carbocycles. The average Bonchev–Trinajstić information content (AvgIpc) is 2.24. The number of carboxylic acids is 1. The Morgan fingerprint density at radius 2 is 1.44 bits per heavy atom. The molecule has 1 atom stereocenters. The fourth-order valence-electron chi connectivity index (χ4n) is 0.631. The highest BCUT2D eigenvalue weighted by molar-refractivity contribution is 5.71. The normalized spacial score (nSPS) is 11.5. The van der Waals surface area contributed by atoms with E-state index in [0.717, 1.165) is 26.2 Å². The predicted octanol–water partition coefficient (Wildman–Crippen LogP) is -2.47. The Morgan fingerprint density at radius 3 is 1.62 bits per heavy atom. The number of carbonyl (C=O) groups is 1. The highest BCUT2D eigenvalue weighted by atomic mass is 16.4. The summed E-state index contributed by atoms with van der Waals surface area (Å²) in [5.74, 6) is -1.19. The molecular weight excluding hydrogens is 212 g/mol. The van der Waals surface area contributed by atoms with Crippen LogP contribution in [0.1, 0.15) is 6.92 Å². The van der Waals surface area contributed by atoms with Crippen LogP contribution in [0, 0.1) is 0 Å². The van der Waals surface area contributed by atoms with E-state index in [1.165, 1.54) is 6.92 Å². The van der Waals surface area contributed by atoms with Gasteiger partial charge >= 0.3 is 5.97 Å². The van der Waals surface area contributed by atoms with E-state index < -0.39 is 12.1 Å². The Bertz CT molecular complexity index is 148. The second-order valence-electron chi connectivity index (χ2n) is 3.09. The molecule has 7 nitrogen and oxygen atoms in total. The van der Waals surface area contributed by atoms with Gasteiger partial charge in [-0.25, -0.2) is 4.79 Å². The molecule has 98 valence electrons. The summed E-state index contributed by atoms with van der Waals surface area (Å²) in [6.45, 7) is 6.33. The maximum Gasteiger partial charge on any atom is 0.332 e. The van der Waals surface area contributed by atoms with Gasteiger partial charge in [-0.3, -0.25) is 0 Å². The summed E-state index contributed by atoms with van der Waals surface area (Å²) in [5, 5.41) is 22.1. The van der Waals surface area contributed by atoms with E-state index in [2.05, 4.69) is 10.6 Å². The highest BCUT2D eigenvalue weighted by Crippen LogP contribution is 1.73. The van der Waals surface area contributed by atoms with Crippen molar-refractivity contribution in [3.05, 3.63) is 0 Å². The standard InChI is InChI=1S/C6H18N4.C3H6O3/c7-1-3-9-5-6-10-4-2-8;1-2(4)3(5)6/h9-10H,1-8H2;2,4H,1H3,(H,5,6). The summed E-state index contributed by atoms with van der Waals surface area (Å²) in [4.78, 5) is 9.45. The van der Waals surface area contributed by atoms with Gasteiger partial charge in [0, 0.05) is 39.3 Å². The molecule has 0 aromatic rings. The largest absolute Gasteiger partial charge is 0.479 e. The molecule has 0 aliphatic heterocycles. The van der Waals surface area contributed by atoms with Crippen molar-refractivity contribution in [3.63, 3.8) is 0 Å². The molecule has 0 aliphatic rings. The maximum absolute atomic E-state index is 9.45. The monoisotopic (exact) mass is 236 g/mol. The summed E-state index contributed by atoms with van der Waals surface area (Å²) in [5.41, 5.74) is 10.5. The Balaban J connectivity index is 0. The van der Waals surface area contributed by atoms with Crippen molar-refractivity contribution in [2.24, 2.45) is 11.5 Å². The lowest BCUT2D eigenvalue weighted by Gasteiger charge is -2.03. The number of aliphatic hydroxyl groups excluding tert-OH is 1. The van der Waals surface area contributed by atoms with Gasteiger partial charge in [0.05, 0.1) is 0 Å². The van der Waals surface area contributed by atoms with Gasteiger partial charge in [0.25, 0.3) is 0 Å². The number of hydrogen-bond donors (Lipinski definition) is 6. The lowest BCUT2D eigenvalue weighted by molar-refractivity contribution is -0.145. The zero-order valence-corrected chi connectivity index (χ0v) is 9.78. The number of carboxylic acid groups (broad SMARTS) is 1. The van der Waals surface area contributed by atoms with Crippen molar-refractivity contribution in [1.82, 2.24) is 10.6 Å². The van der Waals surface area contributed by atoms with Gasteiger partial charge in [0.2, 0.25) is 0 Å². The third kappa shape index (κ3) is 18.9. The van der Waals surface area contributed by atoms with Crippen molar-refractivity contribution in [2.45, 2.75) is 13.0 Å². The number of hydrogen-bond acceptors (Lipinski definition) is 6. The molecule has 16 heavy (non-hydrogen) atoms. The number of rotatable bonds is 8. The van der Waals surface area contributed by atoms with Crippen molar-refractivity contribution in [1.29, 1.82) is 0 Å². The topological polar surface area (TPSA) is 134 Å². The van der Waals surface area contributed by atoms with E-state index in [1.54, 1.807) is 0 Å². The molecule has 0 heterocycles. The maximum atomic E-state index is 9.45. The number of nitrogens with one attached hydrogen (secondary N) is 2. The average molecular weight is 236 g/mol. The van der Waals surface area contributed by atoms with Crippen LogP contribution in [0.5, 0.6) is 0 Å². The van der Waals surface area contributed by atoms with Crippen LogP contribution in [0.4, 0.5) is 0 Å². The predicted molar refractivity (Wildman–Crippen MR) is 63.2 cm³/mol. The molecule has 0 aromatic carbocycles. The van der Waals surface area contributed by atoms with E-state index in [4.69, 9.17) is 21.7 Å². The number of aliphatic hydroxyl groups is 1. The molecule has 0 bridgehead atoms. The fourth-order valence-corrected chi connectivity index (χ4v) is 0.631. The second kappa shape index (κ2) is 14.3. The van der Waals surface area contributed by atoms with E-state index in [9.17, 15) is 4.79 Å². The number of nitrogens with two attached hydrogens (primary N) is 2. The van der Waals surface area contributed by atoms with Crippen LogP contribution in [0.3, 0.4) is 0 Å². The minimum absolute atomic E-state index is 0.705. The van der Waals surface area contributed by atoms with Crippen LogP contribution in [0.2, 0.25) is 0 Å². The minimum atomic E-state index is -1.23. The smallest absolute Gasteiger partial charge is 0.332 e. The minimum Gasteiger partial charge on any atom is -0.479 e. The van der Waals surface area contributed by atoms with Gasteiger partial charge in [0.15, 0.2) is 0 Å². The second-order valence-corrected chi connectivity index (χ2v) is 3.09. The molecule has 7 heteroatoms. The Labute approximate surface area is 96.2 Å². The molecule has 0 radical (unpaired) electrons. The molecular formula is C9H24N4O3. The third-order valence-electron chi connectivity index (χ3n) is 1.48. The summed E-state index contributed by atoms with van der Waals surface area (Å²) in [6.07, 6.45) is -1.23. The van der Waals surface area contributed by atoms with E-state index in [1.807, 2.05) is 0 Å². The van der Waals surface area contributed by atoms with Crippen LogP contribution in [-0.4, -0.2) is 61.6 Å². The first-order chi connectivity index (χ1) is 7.56. The van der Waals surface area contributed by atoms with Gasteiger partial charge in [0.1, 0.15) is 6.10 Å². The molecule has 0 aromatic heterocycles. The van der Waals surface area contributed by atoms with Crippen LogP contribution >= 0.6 is 0 Å². The van der Waals surface area contributed by atoms with E-state index in [0.29, 0.717) is 13.1 Å². The Kier molecular flexibility index (Phi) is 15.7. The van der Waals surface area contributed by atoms with Crippen LogP contribution in [0.15, 0.2) is 0 Å². The zero-order chi connectivity index (χ0) is 12.8. The van der Waals surface area contributed by atoms with Crippen LogP contribution in [0.25, 0.3) is 0 Å². The molecule has 1 unspecified atom stereocenters. The van der Waals surface area contributed by atoms with Crippen molar-refractivity contribution in [3.8, 4) is 0 Å². The molecule has 0 aliphatic carbocycles. The van der Waals surface area contributed by atoms with Crippen molar-refractivity contribution < 1.29 is 15.0 Å². The first-order valence-electron chi connectivity index (χ1n) is 5.28. The molecule has 0 saturated heterocycles. The van der Waals surface area contributed by atoms with Crippen LogP contribution in [-0.2, 0) is 4.79 Å². The Hall–Kier alpha value is -0.730. The highest BCUT2D eigenvalue weighted by Gasteiger charge is 2.01. The first kappa shape index (κ1) is 17.7. The van der Waals surface area contributed by atoms with Crippen molar-refractivity contribution in [2.75, 3.05) is 39.3 Å². The van der Waals surface area contributed by atoms with Crippen molar-refractivity contribution >= 4 is 5.97 Å². The Morgan fingerprint density at radius 1 is 1.12 bits per heavy atom. The van der Waals surface area contributed by atoms with E-state index in [-0.39, 0.29) is 0 Å². The van der Waals surface area contributed by atoms with Gasteiger partial charge < -0.3 is 32.3 Å². The van der Waals surface area contributed by atoms with Gasteiger partial charge in [-0.1, -0.05) is 0 Å². The summed E-state index contributed by atoms with van der Waals surface area (Å²) in [7, 11) is 0. The summed E-state index contributed by atoms with van der Waals surface area (Å²) < 4.78 is 0. The van der Waals surface area contributed by atoms with Crippen LogP contribution < -0.4 is 22.1 Å². The molecule has 0 amide bonds.